The van der Waals surface area contributed by atoms with Crippen LogP contribution in [0.1, 0.15) is 47.5 Å². The third-order valence-corrected chi connectivity index (χ3v) is 8.40. The molecule has 0 saturated heterocycles. The molecule has 0 nitrogen and oxygen atoms in total. The van der Waals surface area contributed by atoms with Gasteiger partial charge in [0.15, 0.2) is 0 Å². The summed E-state index contributed by atoms with van der Waals surface area (Å²) in [6.45, 7) is 11.0. The summed E-state index contributed by atoms with van der Waals surface area (Å²) < 4.78 is 0. The largest absolute Gasteiger partial charge is 0.0882 e. The normalized spacial score (nSPS) is 26.3. The molecular formula is C17H24Cl2SiZr. The van der Waals surface area contributed by atoms with Crippen LogP contribution >= 0.6 is 23.2 Å². The smallest absolute Gasteiger partial charge is 0.0878 e. The Hall–Kier alpha value is 0.640. The van der Waals surface area contributed by atoms with E-state index in [0.717, 1.165) is 10.1 Å². The van der Waals surface area contributed by atoms with Crippen molar-refractivity contribution >= 4 is 32.7 Å². The minimum Gasteiger partial charge on any atom is -0.0882 e. The zero-order valence-electron chi connectivity index (χ0n) is 13.6. The fourth-order valence-electron chi connectivity index (χ4n) is 3.38. The zero-order chi connectivity index (χ0) is 15.0. The van der Waals surface area contributed by atoms with E-state index in [2.05, 4.69) is 40.7 Å². The van der Waals surface area contributed by atoms with E-state index in [1.54, 1.807) is 10.8 Å². The van der Waals surface area contributed by atoms with Crippen LogP contribution < -0.4 is 0 Å². The summed E-state index contributed by atoms with van der Waals surface area (Å²) in [4.78, 5) is 0. The molecule has 0 saturated carbocycles. The molecule has 4 heteroatoms. The summed E-state index contributed by atoms with van der Waals surface area (Å²) in [6.07, 6.45) is 4.74. The maximum Gasteiger partial charge on any atom is 0.0878 e. The average molecular weight is 419 g/mol. The van der Waals surface area contributed by atoms with Crippen molar-refractivity contribution in [1.82, 2.24) is 0 Å². The van der Waals surface area contributed by atoms with E-state index >= 15 is 0 Å². The first-order valence-corrected chi connectivity index (χ1v) is 9.71. The third-order valence-electron chi connectivity index (χ3n) is 4.68. The zero-order valence-corrected chi connectivity index (χ0v) is 19.0. The Morgan fingerprint density at radius 2 is 1.71 bits per heavy atom. The van der Waals surface area contributed by atoms with Gasteiger partial charge in [0, 0.05) is 48.1 Å². The molecule has 0 aromatic carbocycles. The van der Waals surface area contributed by atoms with Gasteiger partial charge in [0.1, 0.15) is 0 Å². The quantitative estimate of drug-likeness (QED) is 0.535. The maximum atomic E-state index is 6.52. The van der Waals surface area contributed by atoms with Crippen LogP contribution in [0, 0.1) is 11.8 Å². The van der Waals surface area contributed by atoms with E-state index in [4.69, 9.17) is 23.2 Å². The van der Waals surface area contributed by atoms with Crippen molar-refractivity contribution in [3.8, 4) is 0 Å². The first-order chi connectivity index (χ1) is 9.38. The van der Waals surface area contributed by atoms with E-state index in [9.17, 15) is 0 Å². The Bertz CT molecular complexity index is 555. The van der Waals surface area contributed by atoms with Crippen molar-refractivity contribution in [2.75, 3.05) is 0 Å². The fraction of sp³-hybridized carbons (Fsp3) is 0.529. The molecule has 0 aromatic rings. The van der Waals surface area contributed by atoms with Crippen LogP contribution in [0.5, 0.6) is 0 Å². The summed E-state index contributed by atoms with van der Waals surface area (Å²) in [6, 6.07) is 0. The maximum absolute atomic E-state index is 6.52. The van der Waals surface area contributed by atoms with Gasteiger partial charge in [-0.3, -0.25) is 0 Å². The standard InChI is InChI=1S/C17H24Cl2Si.Zr/c1-6-7-13-10(3)16(19)12(5)17(13)20-14-8-9(2)15(18)11(14)4;/h8-10H,6-7,20H2,1-5H3;. The molecule has 2 rings (SSSR count). The Morgan fingerprint density at radius 3 is 2.19 bits per heavy atom. The fourth-order valence-corrected chi connectivity index (χ4v) is 6.51. The van der Waals surface area contributed by atoms with Crippen molar-refractivity contribution in [2.45, 2.75) is 47.5 Å². The molecule has 0 amide bonds. The molecule has 0 fully saturated rings. The van der Waals surface area contributed by atoms with Gasteiger partial charge < -0.3 is 0 Å². The summed E-state index contributed by atoms with van der Waals surface area (Å²) in [5.41, 5.74) is 4.25. The van der Waals surface area contributed by atoms with E-state index in [1.807, 2.05) is 0 Å². The van der Waals surface area contributed by atoms with Gasteiger partial charge in [-0.1, -0.05) is 72.4 Å². The second kappa shape index (κ2) is 7.95. The molecule has 0 bridgehead atoms. The number of allylic oxidation sites excluding steroid dienone is 8. The van der Waals surface area contributed by atoms with Crippen LogP contribution in [0.25, 0.3) is 0 Å². The van der Waals surface area contributed by atoms with E-state index < -0.39 is 9.52 Å². The first kappa shape index (κ1) is 19.7. The van der Waals surface area contributed by atoms with Crippen molar-refractivity contribution in [2.24, 2.45) is 11.8 Å². The van der Waals surface area contributed by atoms with Crippen molar-refractivity contribution in [3.63, 3.8) is 0 Å². The second-order valence-electron chi connectivity index (χ2n) is 6.08. The molecule has 0 radical (unpaired) electrons. The minimum atomic E-state index is -0.470. The number of halogens is 2. The van der Waals surface area contributed by atoms with E-state index in [-0.39, 0.29) is 26.2 Å². The number of hydrogen-bond donors (Lipinski definition) is 0. The van der Waals surface area contributed by atoms with Crippen LogP contribution in [0.2, 0.25) is 0 Å². The van der Waals surface area contributed by atoms with E-state index in [0.29, 0.717) is 11.8 Å². The van der Waals surface area contributed by atoms with Crippen LogP contribution in [0.15, 0.2) is 43.3 Å². The third kappa shape index (κ3) is 3.77. The molecule has 21 heavy (non-hydrogen) atoms. The molecule has 0 N–H and O–H groups in total. The molecule has 114 valence electrons. The van der Waals surface area contributed by atoms with Gasteiger partial charge in [-0.05, 0) is 31.4 Å². The van der Waals surface area contributed by atoms with E-state index in [1.165, 1.54) is 29.2 Å². The van der Waals surface area contributed by atoms with Crippen molar-refractivity contribution in [1.29, 1.82) is 0 Å². The predicted octanol–water partition coefficient (Wildman–Crippen LogP) is 5.42. The van der Waals surface area contributed by atoms with Gasteiger partial charge >= 0.3 is 0 Å². The average Bonchev–Trinajstić information content (AvgIpc) is 2.77. The molecule has 2 unspecified atom stereocenters. The molecule has 2 aliphatic carbocycles. The van der Waals surface area contributed by atoms with Gasteiger partial charge in [-0.2, -0.15) is 0 Å². The Labute approximate surface area is 160 Å². The molecule has 2 atom stereocenters. The monoisotopic (exact) mass is 416 g/mol. The van der Waals surface area contributed by atoms with Gasteiger partial charge in [0.25, 0.3) is 0 Å². The first-order valence-electron chi connectivity index (χ1n) is 7.54. The Kier molecular flexibility index (Phi) is 7.46. The SMILES string of the molecule is CCCC1=C([SiH2]C2=CC(C)C(Cl)=C2C)C(C)=C(Cl)C1C.[Zr]. The van der Waals surface area contributed by atoms with Gasteiger partial charge in [0.2, 0.25) is 0 Å². The van der Waals surface area contributed by atoms with Crippen LogP contribution in [-0.2, 0) is 26.2 Å². The molecular weight excluding hydrogens is 394 g/mol. The van der Waals surface area contributed by atoms with Crippen LogP contribution in [-0.4, -0.2) is 9.52 Å². The summed E-state index contributed by atoms with van der Waals surface area (Å²) in [5.74, 6) is 0.825. The molecule has 0 spiro atoms. The van der Waals surface area contributed by atoms with Crippen LogP contribution in [0.3, 0.4) is 0 Å². The number of hydrogen-bond acceptors (Lipinski definition) is 0. The summed E-state index contributed by atoms with van der Waals surface area (Å²) in [7, 11) is -0.470. The molecule has 0 heterocycles. The Balaban J connectivity index is 0.00000220. The predicted molar refractivity (Wildman–Crippen MR) is 94.0 cm³/mol. The minimum absolute atomic E-state index is 0. The van der Waals surface area contributed by atoms with Gasteiger partial charge in [-0.15, -0.1) is 0 Å². The topological polar surface area (TPSA) is 0 Å². The number of rotatable bonds is 4. The molecule has 0 aliphatic heterocycles. The van der Waals surface area contributed by atoms with Gasteiger partial charge in [-0.25, -0.2) is 0 Å². The molecule has 2 aliphatic rings. The van der Waals surface area contributed by atoms with Crippen molar-refractivity contribution < 1.29 is 26.2 Å². The second-order valence-corrected chi connectivity index (χ2v) is 8.72. The summed E-state index contributed by atoms with van der Waals surface area (Å²) in [5, 5.41) is 5.21. The van der Waals surface area contributed by atoms with Crippen LogP contribution in [0.4, 0.5) is 0 Å². The Morgan fingerprint density at radius 1 is 1.10 bits per heavy atom. The van der Waals surface area contributed by atoms with Crippen molar-refractivity contribution in [3.05, 3.63) is 43.3 Å². The summed E-state index contributed by atoms with van der Waals surface area (Å²) >= 11 is 12.9. The molecule has 0 aromatic heterocycles. The van der Waals surface area contributed by atoms with Gasteiger partial charge in [0.05, 0.1) is 9.52 Å².